The molecule has 2 aromatic heterocycles. The lowest BCUT2D eigenvalue weighted by atomic mass is 9.99. The Hall–Kier alpha value is -3.67. The lowest BCUT2D eigenvalue weighted by Crippen LogP contribution is -2.44. The first-order valence-electron chi connectivity index (χ1n) is 13.5. The SMILES string of the molecule is CCCc1c(Oc2cccc(N3CCN(C)CC3)c2Cl)nc(NS(=O)(=O)c2cnn(C)c2)nc1-c1ccccc1C. The maximum Gasteiger partial charge on any atom is 0.267 e. The van der Waals surface area contributed by atoms with E-state index in [1.807, 2.05) is 43.3 Å². The van der Waals surface area contributed by atoms with E-state index in [1.54, 1.807) is 13.1 Å². The molecule has 12 heteroatoms. The summed E-state index contributed by atoms with van der Waals surface area (Å²) in [7, 11) is -0.245. The van der Waals surface area contributed by atoms with Crippen LogP contribution in [-0.2, 0) is 23.5 Å². The zero-order valence-corrected chi connectivity index (χ0v) is 25.2. The predicted molar refractivity (Wildman–Crippen MR) is 161 cm³/mol. The molecule has 0 saturated carbocycles. The van der Waals surface area contributed by atoms with Crippen molar-refractivity contribution in [2.45, 2.75) is 31.6 Å². The monoisotopic (exact) mass is 595 g/mol. The highest BCUT2D eigenvalue weighted by Gasteiger charge is 2.25. The van der Waals surface area contributed by atoms with E-state index in [1.165, 1.54) is 17.1 Å². The molecule has 1 N–H and O–H groups in total. The zero-order valence-electron chi connectivity index (χ0n) is 23.6. The van der Waals surface area contributed by atoms with Gasteiger partial charge in [0.1, 0.15) is 15.7 Å². The third-order valence-corrected chi connectivity index (χ3v) is 8.74. The van der Waals surface area contributed by atoms with Crippen LogP contribution in [0.2, 0.25) is 5.02 Å². The van der Waals surface area contributed by atoms with E-state index >= 15 is 0 Å². The van der Waals surface area contributed by atoms with Crippen LogP contribution < -0.4 is 14.4 Å². The fourth-order valence-corrected chi connectivity index (χ4v) is 6.03. The first kappa shape index (κ1) is 28.8. The number of benzene rings is 2. The largest absolute Gasteiger partial charge is 0.437 e. The van der Waals surface area contributed by atoms with Gasteiger partial charge in [0, 0.05) is 50.6 Å². The first-order chi connectivity index (χ1) is 19.7. The van der Waals surface area contributed by atoms with Crippen molar-refractivity contribution < 1.29 is 13.2 Å². The molecule has 0 bridgehead atoms. The van der Waals surface area contributed by atoms with Gasteiger partial charge in [-0.3, -0.25) is 4.68 Å². The van der Waals surface area contributed by atoms with E-state index < -0.39 is 10.0 Å². The molecule has 0 atom stereocenters. The smallest absolute Gasteiger partial charge is 0.267 e. The lowest BCUT2D eigenvalue weighted by Gasteiger charge is -2.34. The number of anilines is 2. The number of aryl methyl sites for hydroxylation is 2. The Balaban J connectivity index is 1.61. The van der Waals surface area contributed by atoms with Gasteiger partial charge in [0.05, 0.1) is 17.6 Å². The van der Waals surface area contributed by atoms with Gasteiger partial charge in [-0.25, -0.2) is 18.1 Å². The Morgan fingerprint density at radius 2 is 1.78 bits per heavy atom. The minimum absolute atomic E-state index is 0.00377. The lowest BCUT2D eigenvalue weighted by molar-refractivity contribution is 0.313. The van der Waals surface area contributed by atoms with Gasteiger partial charge in [0.15, 0.2) is 0 Å². The summed E-state index contributed by atoms with van der Waals surface area (Å²) in [5, 5.41) is 4.46. The highest BCUT2D eigenvalue weighted by Crippen LogP contribution is 2.40. The van der Waals surface area contributed by atoms with Crippen molar-refractivity contribution in [3.05, 3.63) is 71.0 Å². The van der Waals surface area contributed by atoms with Crippen molar-refractivity contribution in [2.24, 2.45) is 7.05 Å². The molecule has 4 aromatic rings. The van der Waals surface area contributed by atoms with Crippen molar-refractivity contribution in [3.8, 4) is 22.9 Å². The molecule has 10 nitrogen and oxygen atoms in total. The Morgan fingerprint density at radius 1 is 1.02 bits per heavy atom. The molecule has 2 aromatic carbocycles. The second kappa shape index (κ2) is 12.1. The number of halogens is 1. The predicted octanol–water partition coefficient (Wildman–Crippen LogP) is 5.14. The van der Waals surface area contributed by atoms with Gasteiger partial charge in [0.25, 0.3) is 10.0 Å². The van der Waals surface area contributed by atoms with Gasteiger partial charge in [-0.05, 0) is 38.1 Å². The molecule has 1 aliphatic rings. The van der Waals surface area contributed by atoms with Crippen molar-refractivity contribution in [1.29, 1.82) is 0 Å². The minimum atomic E-state index is -4.00. The second-order valence-corrected chi connectivity index (χ2v) is 12.2. The number of nitrogens with zero attached hydrogens (tertiary/aromatic N) is 6. The molecule has 1 fully saturated rings. The molecule has 0 spiro atoms. The summed E-state index contributed by atoms with van der Waals surface area (Å²) in [6.07, 6.45) is 4.10. The van der Waals surface area contributed by atoms with E-state index in [0.29, 0.717) is 22.9 Å². The summed E-state index contributed by atoms with van der Waals surface area (Å²) in [5.74, 6) is 0.589. The maximum atomic E-state index is 13.2. The average molecular weight is 596 g/mol. The van der Waals surface area contributed by atoms with Crippen LogP contribution in [0.15, 0.2) is 59.8 Å². The molecule has 1 saturated heterocycles. The number of hydrogen-bond acceptors (Lipinski definition) is 8. The number of likely N-dealkylation sites (N-methyl/N-ethyl adjacent to an activating group) is 1. The van der Waals surface area contributed by atoms with Crippen LogP contribution in [0.5, 0.6) is 11.6 Å². The minimum Gasteiger partial charge on any atom is -0.437 e. The molecule has 0 aliphatic carbocycles. The topological polar surface area (TPSA) is 105 Å². The Morgan fingerprint density at radius 3 is 2.46 bits per heavy atom. The molecular formula is C29H34ClN7O3S. The number of hydrogen-bond donors (Lipinski definition) is 1. The highest BCUT2D eigenvalue weighted by molar-refractivity contribution is 7.92. The van der Waals surface area contributed by atoms with E-state index in [9.17, 15) is 8.42 Å². The third-order valence-electron chi connectivity index (χ3n) is 7.08. The first-order valence-corrected chi connectivity index (χ1v) is 15.4. The van der Waals surface area contributed by atoms with Crippen LogP contribution in [-0.4, -0.2) is 66.3 Å². The van der Waals surface area contributed by atoms with Gasteiger partial charge >= 0.3 is 0 Å². The number of nitrogens with one attached hydrogen (secondary N) is 1. The molecule has 0 radical (unpaired) electrons. The summed E-state index contributed by atoms with van der Waals surface area (Å²) in [6.45, 7) is 7.63. The molecule has 3 heterocycles. The number of ether oxygens (including phenoxy) is 1. The zero-order chi connectivity index (χ0) is 29.1. The van der Waals surface area contributed by atoms with Gasteiger partial charge in [-0.1, -0.05) is 55.3 Å². The summed E-state index contributed by atoms with van der Waals surface area (Å²) in [4.78, 5) is 13.8. The summed E-state index contributed by atoms with van der Waals surface area (Å²) < 4.78 is 36.8. The van der Waals surface area contributed by atoms with Crippen LogP contribution in [0.25, 0.3) is 11.3 Å². The van der Waals surface area contributed by atoms with E-state index in [2.05, 4.69) is 38.6 Å². The summed E-state index contributed by atoms with van der Waals surface area (Å²) >= 11 is 6.92. The third kappa shape index (κ3) is 6.32. The van der Waals surface area contributed by atoms with Crippen LogP contribution in [0.1, 0.15) is 24.5 Å². The highest BCUT2D eigenvalue weighted by atomic mass is 35.5. The fourth-order valence-electron chi connectivity index (χ4n) is 4.82. The van der Waals surface area contributed by atoms with Gasteiger partial charge in [-0.2, -0.15) is 10.1 Å². The van der Waals surface area contributed by atoms with Crippen LogP contribution in [0, 0.1) is 6.92 Å². The second-order valence-electron chi connectivity index (χ2n) is 10.2. The van der Waals surface area contributed by atoms with E-state index in [0.717, 1.165) is 55.0 Å². The average Bonchev–Trinajstić information content (AvgIpc) is 3.39. The standard InChI is InChI=1S/C29H34ClN7O3S/c1-5-9-23-27(22-11-7-6-10-20(22)2)32-29(34-41(38,39)21-18-31-36(4)19-21)33-28(23)40-25-13-8-12-24(26(25)30)37-16-14-35(3)15-17-37/h6-8,10-13,18-19H,5,9,14-17H2,1-4H3,(H,32,33,34). The van der Waals surface area contributed by atoms with Crippen molar-refractivity contribution in [1.82, 2.24) is 24.6 Å². The molecule has 1 aliphatic heterocycles. The van der Waals surface area contributed by atoms with Crippen LogP contribution in [0.3, 0.4) is 0 Å². The Kier molecular flexibility index (Phi) is 8.48. The normalized spacial score (nSPS) is 14.3. The molecule has 5 rings (SSSR count). The molecular weight excluding hydrogens is 562 g/mol. The number of piperazine rings is 1. The molecule has 0 amide bonds. The van der Waals surface area contributed by atoms with Gasteiger partial charge < -0.3 is 14.5 Å². The summed E-state index contributed by atoms with van der Waals surface area (Å²) in [6, 6.07) is 13.5. The van der Waals surface area contributed by atoms with Crippen molar-refractivity contribution in [3.63, 3.8) is 0 Å². The molecule has 216 valence electrons. The van der Waals surface area contributed by atoms with Gasteiger partial charge in [0.2, 0.25) is 11.8 Å². The summed E-state index contributed by atoms with van der Waals surface area (Å²) in [5.41, 5.74) is 4.12. The Bertz CT molecular complexity index is 1650. The van der Waals surface area contributed by atoms with E-state index in [4.69, 9.17) is 21.3 Å². The van der Waals surface area contributed by atoms with Crippen molar-refractivity contribution >= 4 is 33.3 Å². The fraction of sp³-hybridized carbons (Fsp3) is 0.345. The molecule has 0 unspecified atom stereocenters. The number of sulfonamides is 1. The van der Waals surface area contributed by atoms with E-state index in [-0.39, 0.29) is 16.7 Å². The van der Waals surface area contributed by atoms with Gasteiger partial charge in [-0.15, -0.1) is 0 Å². The number of aromatic nitrogens is 4. The van der Waals surface area contributed by atoms with Crippen LogP contribution >= 0.6 is 11.6 Å². The van der Waals surface area contributed by atoms with Crippen molar-refractivity contribution in [2.75, 3.05) is 42.8 Å². The molecule has 41 heavy (non-hydrogen) atoms. The van der Waals surface area contributed by atoms with Crippen LogP contribution in [0.4, 0.5) is 11.6 Å². The Labute approximate surface area is 246 Å². The maximum absolute atomic E-state index is 13.2. The number of rotatable bonds is 9. The quantitative estimate of drug-likeness (QED) is 0.284.